The lowest BCUT2D eigenvalue weighted by molar-refractivity contribution is -0.884. The first-order chi connectivity index (χ1) is 10.7. The normalized spacial score (nSPS) is 35.7. The molecule has 5 rings (SSSR count). The lowest BCUT2D eigenvalue weighted by atomic mass is 9.48. The molecule has 4 fully saturated rings. The van der Waals surface area contributed by atoms with E-state index in [0.717, 1.165) is 34.3 Å². The highest BCUT2D eigenvalue weighted by Gasteiger charge is 2.52. The molecule has 4 aliphatic rings. The summed E-state index contributed by atoms with van der Waals surface area (Å²) in [6.07, 6.45) is 8.33. The topological polar surface area (TPSA) is 20.2 Å². The molecular weight excluding hydrogens is 282 g/mol. The standard InChI is InChI=1S/C21H31NO/c1-14-5-18(13-22(2,3)4)20(23)19(6-14)21-10-15-7-16(11-21)9-17(8-15)12-21/h5-6,15-17H,7-13H2,1-4H3/p+1. The van der Waals surface area contributed by atoms with E-state index >= 15 is 0 Å². The van der Waals surface area contributed by atoms with Crippen molar-refractivity contribution in [1.82, 2.24) is 0 Å². The molecule has 4 saturated carbocycles. The Labute approximate surface area is 141 Å². The SMILES string of the molecule is Cc1cc(C[N+](C)(C)C)c(O)c(C23CC4CC(CC(C4)C2)C3)c1. The van der Waals surface area contributed by atoms with Crippen LogP contribution in [0.5, 0.6) is 5.75 Å². The second-order valence-electron chi connectivity index (χ2n) is 9.97. The van der Waals surface area contributed by atoms with Crippen molar-refractivity contribution in [1.29, 1.82) is 0 Å². The van der Waals surface area contributed by atoms with E-state index in [4.69, 9.17) is 0 Å². The summed E-state index contributed by atoms with van der Waals surface area (Å²) >= 11 is 0. The molecule has 0 aliphatic heterocycles. The van der Waals surface area contributed by atoms with Crippen LogP contribution in [0.2, 0.25) is 0 Å². The van der Waals surface area contributed by atoms with Crippen molar-refractivity contribution >= 4 is 0 Å². The van der Waals surface area contributed by atoms with Crippen molar-refractivity contribution in [3.8, 4) is 5.75 Å². The number of phenolic OH excluding ortho intramolecular Hbond substituents is 1. The third-order valence-corrected chi connectivity index (χ3v) is 6.59. The molecule has 23 heavy (non-hydrogen) atoms. The smallest absolute Gasteiger partial charge is 0.128 e. The highest BCUT2D eigenvalue weighted by molar-refractivity contribution is 5.48. The molecule has 4 aliphatic carbocycles. The van der Waals surface area contributed by atoms with Gasteiger partial charge in [-0.3, -0.25) is 0 Å². The summed E-state index contributed by atoms with van der Waals surface area (Å²) in [7, 11) is 6.60. The maximum absolute atomic E-state index is 11.1. The Morgan fingerprint density at radius 1 is 1.00 bits per heavy atom. The summed E-state index contributed by atoms with van der Waals surface area (Å²) in [4.78, 5) is 0. The van der Waals surface area contributed by atoms with Gasteiger partial charge in [0.05, 0.1) is 21.1 Å². The lowest BCUT2D eigenvalue weighted by Crippen LogP contribution is -2.48. The monoisotopic (exact) mass is 314 g/mol. The first-order valence-electron chi connectivity index (χ1n) is 9.37. The van der Waals surface area contributed by atoms with Gasteiger partial charge in [0.25, 0.3) is 0 Å². The minimum atomic E-state index is 0.282. The molecule has 1 N–H and O–H groups in total. The first kappa shape index (κ1) is 15.5. The molecule has 0 unspecified atom stereocenters. The fourth-order valence-corrected chi connectivity index (χ4v) is 6.33. The Kier molecular flexibility index (Phi) is 3.36. The average Bonchev–Trinajstić information content (AvgIpc) is 2.39. The largest absolute Gasteiger partial charge is 0.507 e. The van der Waals surface area contributed by atoms with E-state index in [9.17, 15) is 5.11 Å². The van der Waals surface area contributed by atoms with Crippen molar-refractivity contribution in [3.05, 3.63) is 28.8 Å². The van der Waals surface area contributed by atoms with Gasteiger partial charge >= 0.3 is 0 Å². The summed E-state index contributed by atoms with van der Waals surface area (Å²) in [5.41, 5.74) is 4.03. The fourth-order valence-electron chi connectivity index (χ4n) is 6.33. The van der Waals surface area contributed by atoms with Gasteiger partial charge in [0.1, 0.15) is 12.3 Å². The second-order valence-corrected chi connectivity index (χ2v) is 9.97. The van der Waals surface area contributed by atoms with Crippen LogP contribution in [-0.4, -0.2) is 30.7 Å². The molecule has 0 heterocycles. The van der Waals surface area contributed by atoms with Gasteiger partial charge in [0.15, 0.2) is 0 Å². The number of hydrogen-bond donors (Lipinski definition) is 1. The van der Waals surface area contributed by atoms with E-state index < -0.39 is 0 Å². The van der Waals surface area contributed by atoms with Gasteiger partial charge in [-0.1, -0.05) is 11.6 Å². The molecule has 1 aromatic rings. The van der Waals surface area contributed by atoms with Crippen molar-refractivity contribution in [2.75, 3.05) is 21.1 Å². The van der Waals surface area contributed by atoms with Crippen molar-refractivity contribution in [2.24, 2.45) is 17.8 Å². The second kappa shape index (κ2) is 4.99. The molecule has 0 saturated heterocycles. The molecule has 0 atom stereocenters. The number of rotatable bonds is 3. The minimum absolute atomic E-state index is 0.282. The van der Waals surface area contributed by atoms with E-state index in [-0.39, 0.29) is 5.41 Å². The quantitative estimate of drug-likeness (QED) is 0.821. The predicted octanol–water partition coefficient (Wildman–Crippen LogP) is 4.37. The molecule has 0 aromatic heterocycles. The fraction of sp³-hybridized carbons (Fsp3) is 0.714. The number of nitrogens with zero attached hydrogens (tertiary/aromatic N) is 1. The maximum Gasteiger partial charge on any atom is 0.128 e. The van der Waals surface area contributed by atoms with Gasteiger partial charge in [-0.15, -0.1) is 0 Å². The molecule has 126 valence electrons. The maximum atomic E-state index is 11.1. The highest BCUT2D eigenvalue weighted by Crippen LogP contribution is 2.62. The predicted molar refractivity (Wildman–Crippen MR) is 94.4 cm³/mol. The number of quaternary nitrogens is 1. The highest BCUT2D eigenvalue weighted by atomic mass is 16.3. The van der Waals surface area contributed by atoms with Gasteiger partial charge in [-0.25, -0.2) is 0 Å². The van der Waals surface area contributed by atoms with E-state index in [1.54, 1.807) is 0 Å². The van der Waals surface area contributed by atoms with Crippen LogP contribution in [0.15, 0.2) is 12.1 Å². The average molecular weight is 314 g/mol. The van der Waals surface area contributed by atoms with Crippen LogP contribution >= 0.6 is 0 Å². The summed E-state index contributed by atoms with van der Waals surface area (Å²) in [5, 5.41) is 11.1. The third kappa shape index (κ3) is 2.69. The molecule has 1 aromatic carbocycles. The van der Waals surface area contributed by atoms with Crippen LogP contribution < -0.4 is 0 Å². The molecule has 0 spiro atoms. The number of aromatic hydroxyl groups is 1. The molecular formula is C21H32NO+. The molecule has 2 heteroatoms. The Balaban J connectivity index is 1.77. The molecule has 0 radical (unpaired) electrons. The van der Waals surface area contributed by atoms with Crippen LogP contribution in [0.3, 0.4) is 0 Å². The molecule has 2 nitrogen and oxygen atoms in total. The van der Waals surface area contributed by atoms with Crippen LogP contribution in [0.1, 0.15) is 55.2 Å². The zero-order valence-corrected chi connectivity index (χ0v) is 15.2. The lowest BCUT2D eigenvalue weighted by Gasteiger charge is -2.57. The van der Waals surface area contributed by atoms with Crippen molar-refractivity contribution in [3.63, 3.8) is 0 Å². The van der Waals surface area contributed by atoms with Gasteiger partial charge in [-0.05, 0) is 74.7 Å². The van der Waals surface area contributed by atoms with Gasteiger partial charge in [0.2, 0.25) is 0 Å². The number of hydrogen-bond acceptors (Lipinski definition) is 1. The van der Waals surface area contributed by atoms with Crippen molar-refractivity contribution < 1.29 is 9.59 Å². The summed E-state index contributed by atoms with van der Waals surface area (Å²) in [6, 6.07) is 4.50. The Morgan fingerprint density at radius 3 is 2.00 bits per heavy atom. The van der Waals surface area contributed by atoms with Crippen LogP contribution in [0.25, 0.3) is 0 Å². The van der Waals surface area contributed by atoms with Crippen LogP contribution in [0, 0.1) is 24.7 Å². The number of phenols is 1. The van der Waals surface area contributed by atoms with Gasteiger partial charge in [0, 0.05) is 11.1 Å². The van der Waals surface area contributed by atoms with Crippen LogP contribution in [0.4, 0.5) is 0 Å². The molecule has 0 amide bonds. The minimum Gasteiger partial charge on any atom is -0.507 e. The number of benzene rings is 1. The summed E-state index contributed by atoms with van der Waals surface area (Å²) in [6.45, 7) is 3.09. The Hall–Kier alpha value is -1.02. The van der Waals surface area contributed by atoms with E-state index in [1.807, 2.05) is 0 Å². The van der Waals surface area contributed by atoms with E-state index in [2.05, 4.69) is 40.2 Å². The summed E-state index contributed by atoms with van der Waals surface area (Å²) in [5.74, 6) is 3.37. The van der Waals surface area contributed by atoms with Crippen LogP contribution in [-0.2, 0) is 12.0 Å². The van der Waals surface area contributed by atoms with Crippen molar-refractivity contribution in [2.45, 2.75) is 57.4 Å². The zero-order valence-electron chi connectivity index (χ0n) is 15.2. The third-order valence-electron chi connectivity index (χ3n) is 6.59. The zero-order chi connectivity index (χ0) is 16.4. The Bertz CT molecular complexity index is 590. The molecule has 4 bridgehead atoms. The van der Waals surface area contributed by atoms with Gasteiger partial charge in [-0.2, -0.15) is 0 Å². The first-order valence-corrected chi connectivity index (χ1v) is 9.37. The summed E-state index contributed by atoms with van der Waals surface area (Å²) < 4.78 is 0.858. The Morgan fingerprint density at radius 2 is 1.52 bits per heavy atom. The van der Waals surface area contributed by atoms with E-state index in [0.29, 0.717) is 5.75 Å². The number of aryl methyl sites for hydroxylation is 1. The van der Waals surface area contributed by atoms with E-state index in [1.165, 1.54) is 49.7 Å². The van der Waals surface area contributed by atoms with Gasteiger partial charge < -0.3 is 9.59 Å².